The van der Waals surface area contributed by atoms with Gasteiger partial charge in [-0.05, 0) is 42.3 Å². The molecule has 2 heterocycles. The van der Waals surface area contributed by atoms with Crippen LogP contribution in [0.1, 0.15) is 27.0 Å². The minimum absolute atomic E-state index is 0.305. The minimum atomic E-state index is -0.851. The number of amides is 1. The first-order valence-electron chi connectivity index (χ1n) is 8.20. The fraction of sp³-hybridized carbons (Fsp3) is 0.200. The highest BCUT2D eigenvalue weighted by Gasteiger charge is 2.22. The Labute approximate surface area is 160 Å². The highest BCUT2D eigenvalue weighted by molar-refractivity contribution is 7.12. The predicted octanol–water partition coefficient (Wildman–Crippen LogP) is 4.65. The molecule has 2 aromatic heterocycles. The monoisotopic (exact) mass is 385 g/mol. The predicted molar refractivity (Wildman–Crippen MR) is 106 cm³/mol. The van der Waals surface area contributed by atoms with Crippen molar-refractivity contribution in [2.24, 2.45) is 0 Å². The molecule has 0 unspecified atom stereocenters. The van der Waals surface area contributed by atoms with Crippen LogP contribution in [0.3, 0.4) is 0 Å². The molecular formula is C20H19NO3S2. The number of aryl methyl sites for hydroxylation is 1. The number of carbonyl (C=O) groups excluding carboxylic acids is 2. The molecule has 6 heteroatoms. The Morgan fingerprint density at radius 2 is 1.85 bits per heavy atom. The molecule has 1 atom stereocenters. The van der Waals surface area contributed by atoms with Crippen molar-refractivity contribution >= 4 is 34.6 Å². The van der Waals surface area contributed by atoms with E-state index in [-0.39, 0.29) is 5.91 Å². The number of hydrogen-bond acceptors (Lipinski definition) is 5. The standard InChI is InChI=1S/C20H19NO3S2/c1-13-5-7-15(8-6-13)17-9-11-26-18(17)20(23)24-14(2)19(22)21-12-16-4-3-10-25-16/h3-11,14H,12H2,1-2H3,(H,21,22)/t14-/m0/s1. The zero-order valence-corrected chi connectivity index (χ0v) is 16.2. The fourth-order valence-electron chi connectivity index (χ4n) is 2.43. The SMILES string of the molecule is Cc1ccc(-c2ccsc2C(=O)O[C@@H](C)C(=O)NCc2cccs2)cc1. The third-order valence-electron chi connectivity index (χ3n) is 3.88. The van der Waals surface area contributed by atoms with Crippen LogP contribution in [0.4, 0.5) is 0 Å². The van der Waals surface area contributed by atoms with Gasteiger partial charge >= 0.3 is 5.97 Å². The van der Waals surface area contributed by atoms with Crippen LogP contribution in [0.5, 0.6) is 0 Å². The average molecular weight is 386 g/mol. The van der Waals surface area contributed by atoms with Crippen LogP contribution in [-0.2, 0) is 16.1 Å². The van der Waals surface area contributed by atoms with Gasteiger partial charge in [-0.2, -0.15) is 0 Å². The normalized spacial score (nSPS) is 11.8. The zero-order chi connectivity index (χ0) is 18.5. The molecule has 1 N–H and O–H groups in total. The number of carbonyl (C=O) groups is 2. The summed E-state index contributed by atoms with van der Waals surface area (Å²) in [6.45, 7) is 4.04. The van der Waals surface area contributed by atoms with Crippen molar-refractivity contribution in [2.45, 2.75) is 26.5 Å². The molecule has 4 nitrogen and oxygen atoms in total. The van der Waals surface area contributed by atoms with E-state index in [9.17, 15) is 9.59 Å². The molecule has 134 valence electrons. The van der Waals surface area contributed by atoms with E-state index in [1.54, 1.807) is 18.3 Å². The van der Waals surface area contributed by atoms with Gasteiger partial charge in [0, 0.05) is 10.4 Å². The molecule has 1 aromatic carbocycles. The fourth-order valence-corrected chi connectivity index (χ4v) is 3.87. The van der Waals surface area contributed by atoms with Crippen LogP contribution in [-0.4, -0.2) is 18.0 Å². The maximum Gasteiger partial charge on any atom is 0.349 e. The Morgan fingerprint density at radius 1 is 1.08 bits per heavy atom. The van der Waals surface area contributed by atoms with Gasteiger partial charge < -0.3 is 10.1 Å². The van der Waals surface area contributed by atoms with Gasteiger partial charge in [-0.1, -0.05) is 35.9 Å². The molecule has 0 saturated heterocycles. The number of benzene rings is 1. The molecule has 3 rings (SSSR count). The second-order valence-corrected chi connectivity index (χ2v) is 7.82. The van der Waals surface area contributed by atoms with Crippen molar-refractivity contribution in [3.05, 3.63) is 68.5 Å². The lowest BCUT2D eigenvalue weighted by Crippen LogP contribution is -2.35. The summed E-state index contributed by atoms with van der Waals surface area (Å²) in [5.41, 5.74) is 2.94. The van der Waals surface area contributed by atoms with Gasteiger partial charge in [-0.25, -0.2) is 4.79 Å². The lowest BCUT2D eigenvalue weighted by Gasteiger charge is -2.13. The number of esters is 1. The Bertz CT molecular complexity index is 882. The highest BCUT2D eigenvalue weighted by atomic mass is 32.1. The van der Waals surface area contributed by atoms with Crippen molar-refractivity contribution in [2.75, 3.05) is 0 Å². The van der Waals surface area contributed by atoms with Crippen LogP contribution < -0.4 is 5.32 Å². The molecule has 0 bridgehead atoms. The summed E-state index contributed by atoms with van der Waals surface area (Å²) >= 11 is 2.89. The summed E-state index contributed by atoms with van der Waals surface area (Å²) in [5, 5.41) is 6.59. The third kappa shape index (κ3) is 4.39. The largest absolute Gasteiger partial charge is 0.448 e. The number of nitrogens with one attached hydrogen (secondary N) is 1. The van der Waals surface area contributed by atoms with Gasteiger partial charge in [0.05, 0.1) is 6.54 Å². The molecule has 3 aromatic rings. The molecule has 0 aliphatic heterocycles. The Morgan fingerprint density at radius 3 is 2.54 bits per heavy atom. The first-order chi connectivity index (χ1) is 12.5. The van der Waals surface area contributed by atoms with E-state index in [0.717, 1.165) is 21.6 Å². The van der Waals surface area contributed by atoms with Gasteiger partial charge in [0.1, 0.15) is 4.88 Å². The van der Waals surface area contributed by atoms with Crippen molar-refractivity contribution in [1.29, 1.82) is 0 Å². The van der Waals surface area contributed by atoms with Crippen molar-refractivity contribution < 1.29 is 14.3 Å². The summed E-state index contributed by atoms with van der Waals surface area (Å²) in [7, 11) is 0. The van der Waals surface area contributed by atoms with E-state index in [4.69, 9.17) is 4.74 Å². The molecule has 0 fully saturated rings. The summed E-state index contributed by atoms with van der Waals surface area (Å²) < 4.78 is 5.38. The summed E-state index contributed by atoms with van der Waals surface area (Å²) in [6.07, 6.45) is -0.851. The smallest absolute Gasteiger partial charge is 0.349 e. The first kappa shape index (κ1) is 18.4. The van der Waals surface area contributed by atoms with Crippen LogP contribution in [0, 0.1) is 6.92 Å². The second kappa shape index (κ2) is 8.29. The summed E-state index contributed by atoms with van der Waals surface area (Å²) in [6, 6.07) is 13.7. The molecular weight excluding hydrogens is 366 g/mol. The molecule has 26 heavy (non-hydrogen) atoms. The van der Waals surface area contributed by atoms with Gasteiger partial charge in [-0.15, -0.1) is 22.7 Å². The van der Waals surface area contributed by atoms with E-state index in [1.807, 2.05) is 60.1 Å². The van der Waals surface area contributed by atoms with Gasteiger partial charge in [0.25, 0.3) is 5.91 Å². The minimum Gasteiger partial charge on any atom is -0.448 e. The number of thiophene rings is 2. The number of hydrogen-bond donors (Lipinski definition) is 1. The lowest BCUT2D eigenvalue weighted by atomic mass is 10.1. The van der Waals surface area contributed by atoms with Crippen molar-refractivity contribution in [3.8, 4) is 11.1 Å². The first-order valence-corrected chi connectivity index (χ1v) is 9.96. The summed E-state index contributed by atoms with van der Waals surface area (Å²) in [4.78, 5) is 26.2. The third-order valence-corrected chi connectivity index (χ3v) is 5.65. The summed E-state index contributed by atoms with van der Waals surface area (Å²) in [5.74, 6) is -0.783. The van der Waals surface area contributed by atoms with E-state index < -0.39 is 12.1 Å². The van der Waals surface area contributed by atoms with E-state index >= 15 is 0 Å². The number of rotatable bonds is 6. The zero-order valence-electron chi connectivity index (χ0n) is 14.5. The molecule has 1 amide bonds. The molecule has 0 saturated carbocycles. The van der Waals surface area contributed by atoms with Crippen LogP contribution in [0.15, 0.2) is 53.2 Å². The van der Waals surface area contributed by atoms with Crippen LogP contribution in [0.2, 0.25) is 0 Å². The van der Waals surface area contributed by atoms with Crippen LogP contribution in [0.25, 0.3) is 11.1 Å². The quantitative estimate of drug-likeness (QED) is 0.629. The lowest BCUT2D eigenvalue weighted by molar-refractivity contribution is -0.129. The highest BCUT2D eigenvalue weighted by Crippen LogP contribution is 2.29. The Balaban J connectivity index is 1.63. The Kier molecular flexibility index (Phi) is 5.85. The Hall–Kier alpha value is -2.44. The van der Waals surface area contributed by atoms with Gasteiger partial charge in [-0.3, -0.25) is 4.79 Å². The topological polar surface area (TPSA) is 55.4 Å². The maximum absolute atomic E-state index is 12.5. The van der Waals surface area contributed by atoms with E-state index in [1.165, 1.54) is 11.3 Å². The van der Waals surface area contributed by atoms with E-state index in [2.05, 4.69) is 5.32 Å². The van der Waals surface area contributed by atoms with Gasteiger partial charge in [0.15, 0.2) is 6.10 Å². The number of ether oxygens (including phenoxy) is 1. The second-order valence-electron chi connectivity index (χ2n) is 5.87. The van der Waals surface area contributed by atoms with Crippen molar-refractivity contribution in [3.63, 3.8) is 0 Å². The van der Waals surface area contributed by atoms with E-state index in [0.29, 0.717) is 11.4 Å². The van der Waals surface area contributed by atoms with Crippen molar-refractivity contribution in [1.82, 2.24) is 5.32 Å². The van der Waals surface area contributed by atoms with Crippen LogP contribution >= 0.6 is 22.7 Å². The molecule has 0 aliphatic rings. The average Bonchev–Trinajstić information content (AvgIpc) is 3.32. The molecule has 0 aliphatic carbocycles. The molecule has 0 spiro atoms. The maximum atomic E-state index is 12.5. The van der Waals surface area contributed by atoms with Gasteiger partial charge in [0.2, 0.25) is 0 Å². The molecule has 0 radical (unpaired) electrons.